The van der Waals surface area contributed by atoms with Crippen molar-refractivity contribution in [2.24, 2.45) is 7.05 Å². The van der Waals surface area contributed by atoms with Gasteiger partial charge in [-0.25, -0.2) is 4.98 Å². The van der Waals surface area contributed by atoms with E-state index in [0.29, 0.717) is 26.7 Å². The van der Waals surface area contributed by atoms with Crippen molar-refractivity contribution in [1.82, 2.24) is 19.7 Å². The van der Waals surface area contributed by atoms with Gasteiger partial charge in [-0.2, -0.15) is 0 Å². The first kappa shape index (κ1) is 23.4. The number of anilines is 1. The fourth-order valence-electron chi connectivity index (χ4n) is 3.70. The van der Waals surface area contributed by atoms with Gasteiger partial charge in [0, 0.05) is 28.6 Å². The van der Waals surface area contributed by atoms with Gasteiger partial charge in [0.15, 0.2) is 11.0 Å². The van der Waals surface area contributed by atoms with Crippen LogP contribution in [0.15, 0.2) is 84.0 Å². The molecule has 5 aromatic rings. The summed E-state index contributed by atoms with van der Waals surface area (Å²) in [7, 11) is 1.89. The molecule has 0 radical (unpaired) electrons. The number of benzene rings is 3. The minimum absolute atomic E-state index is 0.140. The second-order valence-electron chi connectivity index (χ2n) is 7.76. The highest BCUT2D eigenvalue weighted by atomic mass is 35.5. The first-order valence-electron chi connectivity index (χ1n) is 10.7. The molecule has 5 rings (SSSR count). The number of carbonyl (C=O) groups excluding carboxylic acids is 1. The van der Waals surface area contributed by atoms with Gasteiger partial charge in [-0.15, -0.1) is 10.2 Å². The zero-order valence-corrected chi connectivity index (χ0v) is 20.9. The van der Waals surface area contributed by atoms with Crippen LogP contribution >= 0.6 is 35.0 Å². The molecule has 0 saturated heterocycles. The van der Waals surface area contributed by atoms with Crippen LogP contribution in [0.2, 0.25) is 10.0 Å². The number of pyridine rings is 1. The third-order valence-electron chi connectivity index (χ3n) is 5.40. The summed E-state index contributed by atoms with van der Waals surface area (Å²) in [5, 5.41) is 14.1. The molecule has 6 nitrogen and oxygen atoms in total. The SMILES string of the molecule is Cn1c(SCC(=O)Nc2cc(Cl)ccc2Cl)nnc1-c1cc(-c2ccccc2)nc2ccccc12. The third-order valence-corrected chi connectivity index (χ3v) is 6.98. The summed E-state index contributed by atoms with van der Waals surface area (Å²) in [6, 6.07) is 24.9. The number of para-hydroxylation sites is 1. The Labute approximate surface area is 216 Å². The van der Waals surface area contributed by atoms with Gasteiger partial charge in [-0.05, 0) is 30.3 Å². The van der Waals surface area contributed by atoms with Crippen molar-refractivity contribution in [3.63, 3.8) is 0 Å². The number of nitrogens with zero attached hydrogens (tertiary/aromatic N) is 4. The number of amides is 1. The predicted molar refractivity (Wildman–Crippen MR) is 143 cm³/mol. The van der Waals surface area contributed by atoms with Crippen LogP contribution in [0.1, 0.15) is 0 Å². The Kier molecular flexibility index (Phi) is 6.72. The van der Waals surface area contributed by atoms with E-state index in [1.165, 1.54) is 11.8 Å². The summed E-state index contributed by atoms with van der Waals surface area (Å²) in [6.45, 7) is 0. The first-order chi connectivity index (χ1) is 17.0. The van der Waals surface area contributed by atoms with Crippen LogP contribution in [-0.2, 0) is 11.8 Å². The minimum Gasteiger partial charge on any atom is -0.324 e. The Bertz CT molecular complexity index is 1540. The largest absolute Gasteiger partial charge is 0.324 e. The highest BCUT2D eigenvalue weighted by Gasteiger charge is 2.17. The smallest absolute Gasteiger partial charge is 0.234 e. The van der Waals surface area contributed by atoms with E-state index in [-0.39, 0.29) is 11.7 Å². The lowest BCUT2D eigenvalue weighted by atomic mass is 10.0. The molecule has 0 aliphatic rings. The summed E-state index contributed by atoms with van der Waals surface area (Å²) in [5.41, 5.74) is 4.15. The molecule has 35 heavy (non-hydrogen) atoms. The molecule has 1 amide bonds. The molecule has 2 heterocycles. The number of fused-ring (bicyclic) bond motifs is 1. The lowest BCUT2D eigenvalue weighted by Gasteiger charge is -2.10. The Morgan fingerprint density at radius 1 is 0.971 bits per heavy atom. The third kappa shape index (κ3) is 5.03. The Morgan fingerprint density at radius 3 is 2.57 bits per heavy atom. The number of rotatable bonds is 6. The maximum absolute atomic E-state index is 12.5. The van der Waals surface area contributed by atoms with Crippen LogP contribution in [0, 0.1) is 0 Å². The molecule has 3 aromatic carbocycles. The molecular weight excluding hydrogens is 501 g/mol. The van der Waals surface area contributed by atoms with Crippen molar-refractivity contribution in [2.45, 2.75) is 5.16 Å². The number of hydrogen-bond acceptors (Lipinski definition) is 5. The fraction of sp³-hybridized carbons (Fsp3) is 0.0769. The van der Waals surface area contributed by atoms with Crippen molar-refractivity contribution in [3.05, 3.63) is 88.9 Å². The van der Waals surface area contributed by atoms with Crippen LogP contribution in [0.3, 0.4) is 0 Å². The van der Waals surface area contributed by atoms with Crippen molar-refractivity contribution in [2.75, 3.05) is 11.1 Å². The lowest BCUT2D eigenvalue weighted by molar-refractivity contribution is -0.113. The normalized spacial score (nSPS) is 11.1. The summed E-state index contributed by atoms with van der Waals surface area (Å²) in [5.74, 6) is 0.618. The molecule has 0 aliphatic carbocycles. The Hall–Kier alpha value is -3.39. The van der Waals surface area contributed by atoms with E-state index >= 15 is 0 Å². The molecule has 0 fully saturated rings. The van der Waals surface area contributed by atoms with Crippen LogP contribution in [0.4, 0.5) is 5.69 Å². The molecule has 174 valence electrons. The minimum atomic E-state index is -0.218. The number of halogens is 2. The molecule has 1 N–H and O–H groups in total. The number of hydrogen-bond donors (Lipinski definition) is 1. The zero-order chi connectivity index (χ0) is 24.4. The van der Waals surface area contributed by atoms with Crippen LogP contribution < -0.4 is 5.32 Å². The number of thioether (sulfide) groups is 1. The molecule has 2 aromatic heterocycles. The second-order valence-corrected chi connectivity index (χ2v) is 9.55. The molecule has 0 bridgehead atoms. The van der Waals surface area contributed by atoms with E-state index < -0.39 is 0 Å². The molecule has 0 atom stereocenters. The van der Waals surface area contributed by atoms with Gasteiger partial charge in [0.1, 0.15) is 0 Å². The van der Waals surface area contributed by atoms with E-state index in [2.05, 4.69) is 15.5 Å². The van der Waals surface area contributed by atoms with Gasteiger partial charge in [0.05, 0.1) is 27.7 Å². The maximum Gasteiger partial charge on any atom is 0.234 e. The number of nitrogens with one attached hydrogen (secondary N) is 1. The first-order valence-corrected chi connectivity index (χ1v) is 12.5. The highest BCUT2D eigenvalue weighted by molar-refractivity contribution is 7.99. The Balaban J connectivity index is 1.42. The van der Waals surface area contributed by atoms with Gasteiger partial charge in [0.25, 0.3) is 0 Å². The molecule has 0 saturated carbocycles. The van der Waals surface area contributed by atoms with E-state index in [0.717, 1.165) is 27.7 Å². The van der Waals surface area contributed by atoms with Gasteiger partial charge in [-0.1, -0.05) is 83.5 Å². The van der Waals surface area contributed by atoms with E-state index in [1.54, 1.807) is 18.2 Å². The molecule has 0 aliphatic heterocycles. The van der Waals surface area contributed by atoms with Crippen molar-refractivity contribution in [3.8, 4) is 22.6 Å². The van der Waals surface area contributed by atoms with E-state index in [9.17, 15) is 4.79 Å². The second kappa shape index (κ2) is 10.1. The molecule has 0 spiro atoms. The van der Waals surface area contributed by atoms with Gasteiger partial charge in [-0.3, -0.25) is 4.79 Å². The standard InChI is InChI=1S/C26H19Cl2N5OS/c1-33-25(31-32-26(33)35-15-24(34)30-23-13-17(27)11-12-20(23)28)19-14-22(16-7-3-2-4-8-16)29-21-10-6-5-9-18(19)21/h2-14H,15H2,1H3,(H,30,34). The van der Waals surface area contributed by atoms with E-state index in [1.807, 2.05) is 72.3 Å². The topological polar surface area (TPSA) is 72.7 Å². The molecule has 0 unspecified atom stereocenters. The summed E-state index contributed by atoms with van der Waals surface area (Å²) in [4.78, 5) is 17.4. The average molecular weight is 520 g/mol. The molecule has 9 heteroatoms. The monoisotopic (exact) mass is 519 g/mol. The summed E-state index contributed by atoms with van der Waals surface area (Å²) >= 11 is 13.4. The van der Waals surface area contributed by atoms with Crippen LogP contribution in [-0.4, -0.2) is 31.4 Å². The van der Waals surface area contributed by atoms with Crippen molar-refractivity contribution in [1.29, 1.82) is 0 Å². The van der Waals surface area contributed by atoms with Crippen molar-refractivity contribution < 1.29 is 4.79 Å². The van der Waals surface area contributed by atoms with Crippen molar-refractivity contribution >= 4 is 57.5 Å². The zero-order valence-electron chi connectivity index (χ0n) is 18.6. The average Bonchev–Trinajstić information content (AvgIpc) is 3.24. The van der Waals surface area contributed by atoms with E-state index in [4.69, 9.17) is 28.2 Å². The fourth-order valence-corrected chi connectivity index (χ4v) is 4.75. The number of aromatic nitrogens is 4. The summed E-state index contributed by atoms with van der Waals surface area (Å²) < 4.78 is 1.89. The van der Waals surface area contributed by atoms with Gasteiger partial charge < -0.3 is 9.88 Å². The summed E-state index contributed by atoms with van der Waals surface area (Å²) in [6.07, 6.45) is 0. The quantitative estimate of drug-likeness (QED) is 0.251. The molecular formula is C26H19Cl2N5OS. The Morgan fingerprint density at radius 2 is 1.74 bits per heavy atom. The van der Waals surface area contributed by atoms with Gasteiger partial charge >= 0.3 is 0 Å². The van der Waals surface area contributed by atoms with Crippen LogP contribution in [0.5, 0.6) is 0 Å². The van der Waals surface area contributed by atoms with Gasteiger partial charge in [0.2, 0.25) is 5.91 Å². The predicted octanol–water partition coefficient (Wildman–Crippen LogP) is 6.73. The van der Waals surface area contributed by atoms with Crippen LogP contribution in [0.25, 0.3) is 33.5 Å². The lowest BCUT2D eigenvalue weighted by Crippen LogP contribution is -2.14. The number of carbonyl (C=O) groups is 1. The highest BCUT2D eigenvalue weighted by Crippen LogP contribution is 2.32. The maximum atomic E-state index is 12.5.